The topological polar surface area (TPSA) is 57.8 Å². The Hall–Kier alpha value is -4.07. The zero-order chi connectivity index (χ0) is 29.6. The highest BCUT2D eigenvalue weighted by atomic mass is 35.5. The molecule has 0 aliphatic carbocycles. The van der Waals surface area contributed by atoms with Gasteiger partial charge in [0.25, 0.3) is 5.91 Å². The van der Waals surface area contributed by atoms with Crippen LogP contribution in [0.5, 0.6) is 0 Å². The predicted octanol–water partition coefficient (Wildman–Crippen LogP) is 6.79. The number of imidazole rings is 1. The molecule has 1 amide bonds. The van der Waals surface area contributed by atoms with Crippen molar-refractivity contribution in [2.24, 2.45) is 0 Å². The second kappa shape index (κ2) is 13.5. The molecule has 1 unspecified atom stereocenters. The number of benzene rings is 3. The van der Waals surface area contributed by atoms with Gasteiger partial charge in [-0.25, -0.2) is 4.98 Å². The molecule has 3 aromatic carbocycles. The maximum absolute atomic E-state index is 13.2. The Bertz CT molecular complexity index is 1620. The highest BCUT2D eigenvalue weighted by Gasteiger charge is 2.23. The number of amides is 1. The number of anilines is 1. The van der Waals surface area contributed by atoms with Crippen molar-refractivity contribution in [3.05, 3.63) is 119 Å². The molecule has 1 aliphatic heterocycles. The molecule has 7 nitrogen and oxygen atoms in total. The second-order valence-corrected chi connectivity index (χ2v) is 11.8. The van der Waals surface area contributed by atoms with Crippen molar-refractivity contribution in [2.45, 2.75) is 25.3 Å². The van der Waals surface area contributed by atoms with Crippen LogP contribution in [0.1, 0.15) is 40.2 Å². The highest BCUT2D eigenvalue weighted by molar-refractivity contribution is 6.30. The third-order valence-electron chi connectivity index (χ3n) is 8.42. The lowest BCUT2D eigenvalue weighted by molar-refractivity contribution is 0.0782. The first kappa shape index (κ1) is 29.0. The van der Waals surface area contributed by atoms with E-state index in [1.807, 2.05) is 72.8 Å². The number of nitrogens with zero attached hydrogens (tertiary/aromatic N) is 5. The summed E-state index contributed by atoms with van der Waals surface area (Å²) in [5.41, 5.74) is 5.21. The zero-order valence-corrected chi connectivity index (χ0v) is 25.4. The number of aromatic nitrogens is 2. The summed E-state index contributed by atoms with van der Waals surface area (Å²) in [6.07, 6.45) is 5.55. The average Bonchev–Trinajstić information content (AvgIpc) is 3.62. The minimum Gasteiger partial charge on any atom is -0.472 e. The SMILES string of the molecule is CN(CC(CCN1CCCN(c2nc3ccccc3n2Cc2ccoc2)CC1)c1ccc(Cl)cc1)C(=O)c1ccccc1. The van der Waals surface area contributed by atoms with Crippen LogP contribution in [0.4, 0.5) is 5.95 Å². The van der Waals surface area contributed by atoms with E-state index in [0.29, 0.717) is 12.1 Å². The van der Waals surface area contributed by atoms with Crippen LogP contribution in [-0.4, -0.2) is 71.6 Å². The van der Waals surface area contributed by atoms with Gasteiger partial charge in [0.2, 0.25) is 5.95 Å². The lowest BCUT2D eigenvalue weighted by atomic mass is 9.94. The molecule has 6 rings (SSSR count). The first-order valence-electron chi connectivity index (χ1n) is 15.0. The van der Waals surface area contributed by atoms with Gasteiger partial charge in [-0.2, -0.15) is 0 Å². The number of hydrogen-bond acceptors (Lipinski definition) is 5. The third kappa shape index (κ3) is 6.95. The van der Waals surface area contributed by atoms with Crippen molar-refractivity contribution in [3.63, 3.8) is 0 Å². The largest absolute Gasteiger partial charge is 0.472 e. The minimum absolute atomic E-state index is 0.0447. The number of carbonyl (C=O) groups excluding carboxylic acids is 1. The van der Waals surface area contributed by atoms with Crippen LogP contribution in [0, 0.1) is 0 Å². The van der Waals surface area contributed by atoms with Crippen molar-refractivity contribution in [3.8, 4) is 0 Å². The lowest BCUT2D eigenvalue weighted by Gasteiger charge is -2.28. The minimum atomic E-state index is 0.0447. The molecule has 3 heterocycles. The molecule has 0 saturated carbocycles. The fourth-order valence-corrected chi connectivity index (χ4v) is 6.20. The first-order chi connectivity index (χ1) is 21.0. The second-order valence-electron chi connectivity index (χ2n) is 11.4. The number of likely N-dealkylation sites (N-methyl/N-ethyl adjacent to an activating group) is 1. The van der Waals surface area contributed by atoms with Crippen LogP contribution >= 0.6 is 11.6 Å². The molecular weight excluding hydrogens is 558 g/mol. The lowest BCUT2D eigenvalue weighted by Crippen LogP contribution is -2.35. The van der Waals surface area contributed by atoms with Gasteiger partial charge >= 0.3 is 0 Å². The van der Waals surface area contributed by atoms with E-state index in [9.17, 15) is 4.79 Å². The van der Waals surface area contributed by atoms with E-state index >= 15 is 0 Å². The maximum Gasteiger partial charge on any atom is 0.253 e. The summed E-state index contributed by atoms with van der Waals surface area (Å²) < 4.78 is 7.67. The maximum atomic E-state index is 13.2. The van der Waals surface area contributed by atoms with E-state index < -0.39 is 0 Å². The summed E-state index contributed by atoms with van der Waals surface area (Å²) in [6.45, 7) is 6.19. The van der Waals surface area contributed by atoms with Gasteiger partial charge in [0, 0.05) is 55.3 Å². The molecule has 0 spiro atoms. The van der Waals surface area contributed by atoms with Gasteiger partial charge in [0.1, 0.15) is 0 Å². The molecule has 0 bridgehead atoms. The third-order valence-corrected chi connectivity index (χ3v) is 8.68. The fourth-order valence-electron chi connectivity index (χ4n) is 6.07. The van der Waals surface area contributed by atoms with Crippen LogP contribution in [0.15, 0.2) is 102 Å². The fraction of sp³-hybridized carbons (Fsp3) is 0.314. The van der Waals surface area contributed by atoms with Crippen molar-refractivity contribution in [1.82, 2.24) is 19.4 Å². The van der Waals surface area contributed by atoms with Crippen LogP contribution in [0.3, 0.4) is 0 Å². The van der Waals surface area contributed by atoms with Crippen LogP contribution in [0.2, 0.25) is 5.02 Å². The normalized spacial score (nSPS) is 15.0. The van der Waals surface area contributed by atoms with Gasteiger partial charge in [-0.1, -0.05) is 54.1 Å². The molecule has 1 aliphatic rings. The molecule has 43 heavy (non-hydrogen) atoms. The Balaban J connectivity index is 1.14. The number of furan rings is 1. The molecule has 0 N–H and O–H groups in total. The van der Waals surface area contributed by atoms with E-state index in [1.165, 1.54) is 5.56 Å². The summed E-state index contributed by atoms with van der Waals surface area (Å²) >= 11 is 6.22. The first-order valence-corrected chi connectivity index (χ1v) is 15.4. The standard InChI is InChI=1S/C35H38ClN5O2/c1-38(34(42)29-8-3-2-4-9-29)25-30(28-12-14-31(36)15-13-28)16-20-39-18-7-19-40(22-21-39)35-37-32-10-5-6-11-33(32)41(35)24-27-17-23-43-26-27/h2-6,8-15,17,23,26,30H,7,16,18-22,24-25H2,1H3. The average molecular weight is 596 g/mol. The van der Waals surface area contributed by atoms with Gasteiger partial charge in [0.05, 0.1) is 30.1 Å². The Morgan fingerprint density at radius 1 is 0.953 bits per heavy atom. The van der Waals surface area contributed by atoms with Gasteiger partial charge in [-0.15, -0.1) is 0 Å². The van der Waals surface area contributed by atoms with Gasteiger partial charge in [-0.05, 0) is 74.0 Å². The van der Waals surface area contributed by atoms with E-state index in [4.69, 9.17) is 21.0 Å². The Kier molecular flexibility index (Phi) is 9.10. The molecule has 8 heteroatoms. The number of carbonyl (C=O) groups is 1. The molecule has 1 saturated heterocycles. The van der Waals surface area contributed by atoms with E-state index in [-0.39, 0.29) is 11.8 Å². The summed E-state index contributed by atoms with van der Waals surface area (Å²) in [6, 6.07) is 28.0. The van der Waals surface area contributed by atoms with Crippen molar-refractivity contribution >= 4 is 34.5 Å². The molecule has 2 aromatic heterocycles. The molecule has 1 atom stereocenters. The molecule has 222 valence electrons. The number of para-hydroxylation sites is 2. The van der Waals surface area contributed by atoms with Crippen LogP contribution in [-0.2, 0) is 6.54 Å². The zero-order valence-electron chi connectivity index (χ0n) is 24.6. The molecular formula is C35H38ClN5O2. The number of hydrogen-bond donors (Lipinski definition) is 0. The monoisotopic (exact) mass is 595 g/mol. The van der Waals surface area contributed by atoms with Crippen molar-refractivity contribution in [2.75, 3.05) is 51.2 Å². The Labute approximate surface area is 258 Å². The van der Waals surface area contributed by atoms with E-state index in [0.717, 1.165) is 79.7 Å². The molecule has 5 aromatic rings. The van der Waals surface area contributed by atoms with Gasteiger partial charge < -0.3 is 23.7 Å². The predicted molar refractivity (Wildman–Crippen MR) is 173 cm³/mol. The number of fused-ring (bicyclic) bond motifs is 1. The summed E-state index contributed by atoms with van der Waals surface area (Å²) in [5.74, 6) is 1.26. The Morgan fingerprint density at radius 3 is 2.53 bits per heavy atom. The van der Waals surface area contributed by atoms with E-state index in [1.54, 1.807) is 6.26 Å². The van der Waals surface area contributed by atoms with Gasteiger partial charge in [0.15, 0.2) is 0 Å². The number of rotatable bonds is 10. The Morgan fingerprint density at radius 2 is 1.74 bits per heavy atom. The van der Waals surface area contributed by atoms with Crippen LogP contribution in [0.25, 0.3) is 11.0 Å². The van der Waals surface area contributed by atoms with E-state index in [2.05, 4.69) is 44.7 Å². The summed E-state index contributed by atoms with van der Waals surface area (Å²) in [5, 5.41) is 0.725. The van der Waals surface area contributed by atoms with Crippen molar-refractivity contribution in [1.29, 1.82) is 0 Å². The summed E-state index contributed by atoms with van der Waals surface area (Å²) in [4.78, 5) is 25.1. The van der Waals surface area contributed by atoms with Crippen molar-refractivity contribution < 1.29 is 9.21 Å². The van der Waals surface area contributed by atoms with Crippen LogP contribution < -0.4 is 4.90 Å². The quantitative estimate of drug-likeness (QED) is 0.178. The molecule has 0 radical (unpaired) electrons. The number of halogens is 1. The highest BCUT2D eigenvalue weighted by Crippen LogP contribution is 2.27. The van der Waals surface area contributed by atoms with Gasteiger partial charge in [-0.3, -0.25) is 4.79 Å². The molecule has 1 fully saturated rings. The summed E-state index contributed by atoms with van der Waals surface area (Å²) in [7, 11) is 1.90. The smallest absolute Gasteiger partial charge is 0.253 e.